The number of hydrogen-bond donors (Lipinski definition) is 1. The lowest BCUT2D eigenvalue weighted by molar-refractivity contribution is -0.137. The predicted octanol–water partition coefficient (Wildman–Crippen LogP) is 2.43. The Bertz CT molecular complexity index is 456. The van der Waals surface area contributed by atoms with E-state index in [0.29, 0.717) is 12.2 Å². The Morgan fingerprint density at radius 3 is 2.89 bits per heavy atom. The number of alkyl halides is 3. The molecule has 0 aromatic heterocycles. The second kappa shape index (κ2) is 4.16. The van der Waals surface area contributed by atoms with Gasteiger partial charge in [-0.15, -0.1) is 0 Å². The molecule has 3 rings (SSSR count). The molecule has 2 aliphatic heterocycles. The van der Waals surface area contributed by atoms with Crippen LogP contribution >= 0.6 is 0 Å². The third-order valence-corrected chi connectivity index (χ3v) is 3.81. The summed E-state index contributed by atoms with van der Waals surface area (Å²) in [6.45, 7) is 2.19. The molecule has 0 spiro atoms. The zero-order valence-corrected chi connectivity index (χ0v) is 9.93. The Balaban J connectivity index is 2.10. The van der Waals surface area contributed by atoms with Gasteiger partial charge in [-0.3, -0.25) is 0 Å². The number of anilines is 1. The number of rotatable bonds is 0. The van der Waals surface area contributed by atoms with E-state index in [1.54, 1.807) is 0 Å². The predicted molar refractivity (Wildman–Crippen MR) is 63.8 cm³/mol. The summed E-state index contributed by atoms with van der Waals surface area (Å²) in [6.07, 6.45) is -2.60. The molecule has 0 radical (unpaired) electrons. The SMILES string of the molecule is FC(F)(F)c1cccc2c1N1CCNCC1CC2. The molecule has 18 heavy (non-hydrogen) atoms. The number of piperazine rings is 1. The summed E-state index contributed by atoms with van der Waals surface area (Å²) in [5.74, 6) is 0. The first-order chi connectivity index (χ1) is 8.57. The van der Waals surface area contributed by atoms with Crippen LogP contribution in [0.3, 0.4) is 0 Å². The highest BCUT2D eigenvalue weighted by atomic mass is 19.4. The standard InChI is InChI=1S/C13H15F3N2/c14-13(15,16)11-3-1-2-9-4-5-10-8-17-6-7-18(10)12(9)11/h1-3,10,17H,4-8H2. The minimum absolute atomic E-state index is 0.203. The van der Waals surface area contributed by atoms with Crippen LogP contribution in [0.15, 0.2) is 18.2 Å². The van der Waals surface area contributed by atoms with E-state index in [1.807, 2.05) is 11.0 Å². The number of hydrogen-bond acceptors (Lipinski definition) is 2. The molecule has 0 aliphatic carbocycles. The van der Waals surface area contributed by atoms with Gasteiger partial charge in [-0.1, -0.05) is 12.1 Å². The van der Waals surface area contributed by atoms with E-state index < -0.39 is 11.7 Å². The maximum atomic E-state index is 13.1. The average molecular weight is 256 g/mol. The molecule has 1 N–H and O–H groups in total. The van der Waals surface area contributed by atoms with Gasteiger partial charge in [-0.2, -0.15) is 13.2 Å². The minimum Gasteiger partial charge on any atom is -0.365 e. The van der Waals surface area contributed by atoms with Gasteiger partial charge in [0.1, 0.15) is 0 Å². The van der Waals surface area contributed by atoms with Crippen LogP contribution in [0.5, 0.6) is 0 Å². The summed E-state index contributed by atoms with van der Waals surface area (Å²) >= 11 is 0. The smallest absolute Gasteiger partial charge is 0.365 e. The van der Waals surface area contributed by atoms with Crippen molar-refractivity contribution in [2.75, 3.05) is 24.5 Å². The van der Waals surface area contributed by atoms with Gasteiger partial charge in [0, 0.05) is 25.7 Å². The van der Waals surface area contributed by atoms with Crippen molar-refractivity contribution in [3.63, 3.8) is 0 Å². The van der Waals surface area contributed by atoms with Crippen LogP contribution in [0.1, 0.15) is 17.5 Å². The van der Waals surface area contributed by atoms with E-state index in [9.17, 15) is 13.2 Å². The van der Waals surface area contributed by atoms with Crippen molar-refractivity contribution < 1.29 is 13.2 Å². The van der Waals surface area contributed by atoms with Gasteiger partial charge >= 0.3 is 6.18 Å². The summed E-state index contributed by atoms with van der Waals surface area (Å²) in [5.41, 5.74) is 0.775. The number of nitrogens with one attached hydrogen (secondary N) is 1. The Morgan fingerprint density at radius 1 is 1.28 bits per heavy atom. The second-order valence-electron chi connectivity index (χ2n) is 4.90. The molecule has 1 unspecified atom stereocenters. The number of para-hydroxylation sites is 1. The van der Waals surface area contributed by atoms with Gasteiger partial charge in [0.05, 0.1) is 11.3 Å². The van der Waals surface area contributed by atoms with Gasteiger partial charge in [-0.05, 0) is 24.5 Å². The summed E-state index contributed by atoms with van der Waals surface area (Å²) in [6, 6.07) is 4.74. The lowest BCUT2D eigenvalue weighted by atomic mass is 9.91. The molecular weight excluding hydrogens is 241 g/mol. The number of benzene rings is 1. The zero-order chi connectivity index (χ0) is 12.8. The number of nitrogens with zero attached hydrogens (tertiary/aromatic N) is 1. The van der Waals surface area contributed by atoms with E-state index in [1.165, 1.54) is 12.1 Å². The van der Waals surface area contributed by atoms with Crippen molar-refractivity contribution in [1.29, 1.82) is 0 Å². The van der Waals surface area contributed by atoms with Gasteiger partial charge in [0.25, 0.3) is 0 Å². The molecule has 1 atom stereocenters. The Hall–Kier alpha value is -1.23. The molecule has 1 saturated heterocycles. The van der Waals surface area contributed by atoms with Crippen molar-refractivity contribution in [2.24, 2.45) is 0 Å². The Labute approximate surface area is 104 Å². The van der Waals surface area contributed by atoms with Crippen LogP contribution in [-0.4, -0.2) is 25.7 Å². The van der Waals surface area contributed by atoms with Crippen molar-refractivity contribution in [3.05, 3.63) is 29.3 Å². The fraction of sp³-hybridized carbons (Fsp3) is 0.538. The summed E-state index contributed by atoms with van der Waals surface area (Å²) < 4.78 is 39.3. The fourth-order valence-corrected chi connectivity index (χ4v) is 3.00. The minimum atomic E-state index is -4.27. The summed E-state index contributed by atoms with van der Waals surface area (Å²) in [5, 5.41) is 3.25. The summed E-state index contributed by atoms with van der Waals surface area (Å²) in [4.78, 5) is 1.94. The maximum absolute atomic E-state index is 13.1. The van der Waals surface area contributed by atoms with E-state index in [4.69, 9.17) is 0 Å². The quantitative estimate of drug-likeness (QED) is 0.767. The first-order valence-corrected chi connectivity index (χ1v) is 6.24. The largest absolute Gasteiger partial charge is 0.418 e. The molecule has 1 fully saturated rings. The van der Waals surface area contributed by atoms with Crippen molar-refractivity contribution >= 4 is 5.69 Å². The number of aryl methyl sites for hydroxylation is 1. The maximum Gasteiger partial charge on any atom is 0.418 e. The van der Waals surface area contributed by atoms with E-state index >= 15 is 0 Å². The van der Waals surface area contributed by atoms with Gasteiger partial charge < -0.3 is 10.2 Å². The third-order valence-electron chi connectivity index (χ3n) is 3.81. The summed E-state index contributed by atoms with van der Waals surface area (Å²) in [7, 11) is 0. The number of fused-ring (bicyclic) bond motifs is 3. The average Bonchev–Trinajstić information content (AvgIpc) is 2.36. The van der Waals surface area contributed by atoms with Gasteiger partial charge in [0.15, 0.2) is 0 Å². The van der Waals surface area contributed by atoms with Crippen molar-refractivity contribution in [1.82, 2.24) is 5.32 Å². The topological polar surface area (TPSA) is 15.3 Å². The fourth-order valence-electron chi connectivity index (χ4n) is 3.00. The normalized spacial score (nSPS) is 23.5. The highest BCUT2D eigenvalue weighted by Gasteiger charge is 2.39. The second-order valence-corrected chi connectivity index (χ2v) is 4.90. The highest BCUT2D eigenvalue weighted by Crippen LogP contribution is 2.42. The molecule has 0 bridgehead atoms. The van der Waals surface area contributed by atoms with E-state index in [-0.39, 0.29) is 6.04 Å². The number of halogens is 3. The zero-order valence-electron chi connectivity index (χ0n) is 9.93. The molecule has 1 aromatic carbocycles. The molecule has 0 amide bonds. The first kappa shape index (κ1) is 11.8. The third kappa shape index (κ3) is 1.86. The monoisotopic (exact) mass is 256 g/mol. The van der Waals surface area contributed by atoms with Crippen LogP contribution in [0, 0.1) is 0 Å². The molecule has 1 aromatic rings. The van der Waals surface area contributed by atoms with Crippen LogP contribution in [0.2, 0.25) is 0 Å². The van der Waals surface area contributed by atoms with Crippen LogP contribution in [0.25, 0.3) is 0 Å². The van der Waals surface area contributed by atoms with Crippen LogP contribution < -0.4 is 10.2 Å². The Morgan fingerprint density at radius 2 is 2.11 bits per heavy atom. The van der Waals surface area contributed by atoms with Gasteiger partial charge in [0.2, 0.25) is 0 Å². The molecule has 5 heteroatoms. The van der Waals surface area contributed by atoms with Gasteiger partial charge in [-0.25, -0.2) is 0 Å². The van der Waals surface area contributed by atoms with Crippen molar-refractivity contribution in [2.45, 2.75) is 25.1 Å². The van der Waals surface area contributed by atoms with E-state index in [0.717, 1.165) is 31.5 Å². The van der Waals surface area contributed by atoms with Crippen LogP contribution in [0.4, 0.5) is 18.9 Å². The van der Waals surface area contributed by atoms with E-state index in [2.05, 4.69) is 5.32 Å². The molecule has 2 heterocycles. The Kier molecular flexibility index (Phi) is 2.73. The highest BCUT2D eigenvalue weighted by molar-refractivity contribution is 5.63. The molecule has 98 valence electrons. The lowest BCUT2D eigenvalue weighted by Gasteiger charge is -2.43. The molecule has 0 saturated carbocycles. The van der Waals surface area contributed by atoms with Crippen LogP contribution in [-0.2, 0) is 12.6 Å². The molecular formula is C13H15F3N2. The first-order valence-electron chi connectivity index (χ1n) is 6.24. The molecule has 2 nitrogen and oxygen atoms in total. The lowest BCUT2D eigenvalue weighted by Crippen LogP contribution is -2.53. The molecule has 2 aliphatic rings. The van der Waals surface area contributed by atoms with Crippen molar-refractivity contribution in [3.8, 4) is 0 Å².